The molecule has 2 N–H and O–H groups in total. The van der Waals surface area contributed by atoms with Crippen molar-refractivity contribution in [3.05, 3.63) is 70.9 Å². The van der Waals surface area contributed by atoms with Crippen LogP contribution in [0.2, 0.25) is 0 Å². The van der Waals surface area contributed by atoms with Crippen LogP contribution in [0.25, 0.3) is 6.08 Å². The minimum atomic E-state index is -3.83. The number of rotatable bonds is 5. The molecule has 0 spiro atoms. The number of carboxylic acid groups (broad SMARTS) is 1. The molecule has 22 heavy (non-hydrogen) atoms. The second-order valence-electron chi connectivity index (χ2n) is 4.36. The van der Waals surface area contributed by atoms with Crippen molar-refractivity contribution in [2.45, 2.75) is 0 Å². The Bertz CT molecular complexity index is 817. The number of hydrogen-bond acceptors (Lipinski definition) is 3. The predicted molar refractivity (Wildman–Crippen MR) is 81.4 cm³/mol. The molecule has 0 unspecified atom stereocenters. The molecule has 0 bridgehead atoms. The highest BCUT2D eigenvalue weighted by Gasteiger charge is 2.13. The van der Waals surface area contributed by atoms with Crippen LogP contribution in [0.1, 0.15) is 15.9 Å². The molecule has 0 radical (unpaired) electrons. The highest BCUT2D eigenvalue weighted by Crippen LogP contribution is 2.17. The van der Waals surface area contributed by atoms with E-state index in [1.54, 1.807) is 30.3 Å². The normalized spacial score (nSPS) is 11.5. The van der Waals surface area contributed by atoms with Gasteiger partial charge in [0.1, 0.15) is 5.82 Å². The molecule has 0 saturated carbocycles. The van der Waals surface area contributed by atoms with Gasteiger partial charge in [-0.3, -0.25) is 4.72 Å². The topological polar surface area (TPSA) is 83.5 Å². The number of carboxylic acids is 1. The monoisotopic (exact) mass is 321 g/mol. The number of carbonyl (C=O) groups is 1. The summed E-state index contributed by atoms with van der Waals surface area (Å²) in [7, 11) is -3.83. The lowest BCUT2D eigenvalue weighted by Crippen LogP contribution is -2.10. The van der Waals surface area contributed by atoms with Crippen LogP contribution in [-0.4, -0.2) is 19.5 Å². The first-order valence-electron chi connectivity index (χ1n) is 6.16. The summed E-state index contributed by atoms with van der Waals surface area (Å²) < 4.78 is 39.2. The second kappa shape index (κ2) is 6.40. The molecule has 0 amide bonds. The van der Waals surface area contributed by atoms with Gasteiger partial charge in [0.15, 0.2) is 0 Å². The summed E-state index contributed by atoms with van der Waals surface area (Å²) in [5.41, 5.74) is 0.0574. The van der Waals surface area contributed by atoms with Crippen molar-refractivity contribution < 1.29 is 22.7 Å². The summed E-state index contributed by atoms with van der Waals surface area (Å²) in [6, 6.07) is 11.7. The van der Waals surface area contributed by atoms with Crippen LogP contribution in [0.4, 0.5) is 10.1 Å². The zero-order valence-electron chi connectivity index (χ0n) is 11.2. The van der Waals surface area contributed by atoms with Crippen LogP contribution in [0, 0.1) is 5.82 Å². The molecule has 0 fully saturated rings. The average molecular weight is 321 g/mol. The van der Waals surface area contributed by atoms with E-state index in [0.29, 0.717) is 5.56 Å². The van der Waals surface area contributed by atoms with Gasteiger partial charge in [0, 0.05) is 5.69 Å². The number of halogens is 1. The molecule has 0 saturated heterocycles. The Morgan fingerprint density at radius 3 is 2.45 bits per heavy atom. The van der Waals surface area contributed by atoms with Gasteiger partial charge in [-0.15, -0.1) is 0 Å². The van der Waals surface area contributed by atoms with Gasteiger partial charge in [0.25, 0.3) is 10.0 Å². The van der Waals surface area contributed by atoms with E-state index < -0.39 is 27.4 Å². The Balaban J connectivity index is 2.20. The highest BCUT2D eigenvalue weighted by molar-refractivity contribution is 7.95. The minimum Gasteiger partial charge on any atom is -0.478 e. The molecule has 114 valence electrons. The summed E-state index contributed by atoms with van der Waals surface area (Å²) in [4.78, 5) is 10.8. The molecule has 5 nitrogen and oxygen atoms in total. The number of hydrogen-bond donors (Lipinski definition) is 2. The largest absolute Gasteiger partial charge is 0.478 e. The molecule has 0 aliphatic carbocycles. The molecule has 0 aliphatic heterocycles. The van der Waals surface area contributed by atoms with Gasteiger partial charge in [-0.05, 0) is 29.8 Å². The van der Waals surface area contributed by atoms with Gasteiger partial charge in [-0.2, -0.15) is 0 Å². The lowest BCUT2D eigenvalue weighted by atomic mass is 10.2. The SMILES string of the molecule is O=C(O)c1cc(NS(=O)(=O)/C=C/c2ccccc2)ccc1F. The average Bonchev–Trinajstić information content (AvgIpc) is 2.48. The molecule has 0 heterocycles. The molecule has 0 aliphatic rings. The first kappa shape index (κ1) is 15.7. The summed E-state index contributed by atoms with van der Waals surface area (Å²) >= 11 is 0. The van der Waals surface area contributed by atoms with Crippen molar-refractivity contribution in [2.24, 2.45) is 0 Å². The van der Waals surface area contributed by atoms with E-state index in [9.17, 15) is 17.6 Å². The van der Waals surface area contributed by atoms with Gasteiger partial charge in [0.05, 0.1) is 11.0 Å². The van der Waals surface area contributed by atoms with Crippen LogP contribution in [-0.2, 0) is 10.0 Å². The van der Waals surface area contributed by atoms with E-state index in [1.165, 1.54) is 6.08 Å². The molecule has 0 atom stereocenters. The third kappa shape index (κ3) is 4.16. The van der Waals surface area contributed by atoms with E-state index in [-0.39, 0.29) is 5.69 Å². The Morgan fingerprint density at radius 2 is 1.82 bits per heavy atom. The summed E-state index contributed by atoms with van der Waals surface area (Å²) in [5, 5.41) is 9.76. The summed E-state index contributed by atoms with van der Waals surface area (Å²) in [6.07, 6.45) is 1.39. The Labute approximate surface area is 126 Å². The Morgan fingerprint density at radius 1 is 1.14 bits per heavy atom. The number of sulfonamides is 1. The van der Waals surface area contributed by atoms with Crippen LogP contribution in [0.15, 0.2) is 53.9 Å². The highest BCUT2D eigenvalue weighted by atomic mass is 32.2. The first-order valence-corrected chi connectivity index (χ1v) is 7.71. The van der Waals surface area contributed by atoms with Crippen molar-refractivity contribution in [1.82, 2.24) is 0 Å². The molecule has 2 rings (SSSR count). The van der Waals surface area contributed by atoms with E-state index in [1.807, 2.05) is 0 Å². The van der Waals surface area contributed by atoms with Crippen LogP contribution in [0.5, 0.6) is 0 Å². The molecular weight excluding hydrogens is 309 g/mol. The summed E-state index contributed by atoms with van der Waals surface area (Å²) in [6.45, 7) is 0. The maximum Gasteiger partial charge on any atom is 0.338 e. The minimum absolute atomic E-state index is 0.0310. The van der Waals surface area contributed by atoms with Gasteiger partial charge in [-0.1, -0.05) is 30.3 Å². The van der Waals surface area contributed by atoms with E-state index in [4.69, 9.17) is 5.11 Å². The fourth-order valence-corrected chi connectivity index (χ4v) is 2.54. The number of benzene rings is 2. The van der Waals surface area contributed by atoms with Crippen molar-refractivity contribution in [2.75, 3.05) is 4.72 Å². The lowest BCUT2D eigenvalue weighted by molar-refractivity contribution is 0.0692. The Kier molecular flexibility index (Phi) is 4.57. The van der Waals surface area contributed by atoms with Crippen molar-refractivity contribution >= 4 is 27.8 Å². The number of nitrogens with one attached hydrogen (secondary N) is 1. The smallest absolute Gasteiger partial charge is 0.338 e. The third-order valence-electron chi connectivity index (χ3n) is 2.70. The number of aromatic carboxylic acids is 1. The quantitative estimate of drug-likeness (QED) is 0.887. The third-order valence-corrected chi connectivity index (χ3v) is 3.71. The molecular formula is C15H12FNO4S. The zero-order chi connectivity index (χ0) is 16.2. The lowest BCUT2D eigenvalue weighted by Gasteiger charge is -2.06. The van der Waals surface area contributed by atoms with Crippen LogP contribution < -0.4 is 4.72 Å². The molecule has 0 aromatic heterocycles. The van der Waals surface area contributed by atoms with Crippen molar-refractivity contribution in [3.63, 3.8) is 0 Å². The maximum absolute atomic E-state index is 13.3. The fraction of sp³-hybridized carbons (Fsp3) is 0. The zero-order valence-corrected chi connectivity index (χ0v) is 12.0. The van der Waals surface area contributed by atoms with Crippen molar-refractivity contribution in [3.8, 4) is 0 Å². The van der Waals surface area contributed by atoms with Gasteiger partial charge in [0.2, 0.25) is 0 Å². The predicted octanol–water partition coefficient (Wildman–Crippen LogP) is 2.94. The van der Waals surface area contributed by atoms with Crippen molar-refractivity contribution in [1.29, 1.82) is 0 Å². The first-order chi connectivity index (χ1) is 10.4. The van der Waals surface area contributed by atoms with Gasteiger partial charge < -0.3 is 5.11 Å². The van der Waals surface area contributed by atoms with E-state index in [0.717, 1.165) is 23.6 Å². The van der Waals surface area contributed by atoms with Crippen LogP contribution >= 0.6 is 0 Å². The molecule has 2 aromatic carbocycles. The Hall–Kier alpha value is -2.67. The van der Waals surface area contributed by atoms with E-state index in [2.05, 4.69) is 4.72 Å². The van der Waals surface area contributed by atoms with Crippen LogP contribution in [0.3, 0.4) is 0 Å². The number of anilines is 1. The second-order valence-corrected chi connectivity index (χ2v) is 5.93. The molecule has 2 aromatic rings. The molecule has 7 heteroatoms. The van der Waals surface area contributed by atoms with Gasteiger partial charge >= 0.3 is 5.97 Å². The van der Waals surface area contributed by atoms with E-state index >= 15 is 0 Å². The summed E-state index contributed by atoms with van der Waals surface area (Å²) in [5.74, 6) is -2.41. The maximum atomic E-state index is 13.3. The standard InChI is InChI=1S/C15H12FNO4S/c16-14-7-6-12(10-13(14)15(18)19)17-22(20,21)9-8-11-4-2-1-3-5-11/h1-10,17H,(H,18,19)/b9-8+. The van der Waals surface area contributed by atoms with Gasteiger partial charge in [-0.25, -0.2) is 17.6 Å². The fourth-order valence-electron chi connectivity index (χ4n) is 1.68.